The molecular formula is C37H30O3P2. The zero-order chi connectivity index (χ0) is 28.1. The molecule has 0 aliphatic carbocycles. The maximum atomic E-state index is 6.81. The van der Waals surface area contributed by atoms with Crippen molar-refractivity contribution in [3.05, 3.63) is 157 Å². The van der Waals surface area contributed by atoms with Crippen molar-refractivity contribution in [2.75, 3.05) is 6.16 Å². The smallest absolute Gasteiger partial charge is 0.388 e. The Hall–Kier alpha value is -4.13. The monoisotopic (exact) mass is 584 g/mol. The highest BCUT2D eigenvalue weighted by Crippen LogP contribution is 2.42. The van der Waals surface area contributed by atoms with Gasteiger partial charge in [0.1, 0.15) is 11.2 Å². The average molecular weight is 585 g/mol. The lowest BCUT2D eigenvalue weighted by Crippen LogP contribution is -2.17. The molecule has 6 aromatic carbocycles. The fraction of sp³-hybridized carbons (Fsp3) is 0.0811. The SMILES string of the molecule is c1ccc([C@H](CCP(c2ccccc2)c2cccc3ccccc23)Op2oc3ccccc3c3ccccc3o2)cc1. The average Bonchev–Trinajstić information content (AvgIpc) is 3.21. The molecule has 1 aromatic heterocycles. The molecule has 5 heteroatoms. The minimum absolute atomic E-state index is 0.196. The second-order valence-electron chi connectivity index (χ2n) is 10.2. The summed E-state index contributed by atoms with van der Waals surface area (Å²) >= 11 is 0. The quantitative estimate of drug-likeness (QED) is 0.167. The summed E-state index contributed by atoms with van der Waals surface area (Å²) in [5, 5.41) is 7.39. The highest BCUT2D eigenvalue weighted by Gasteiger charge is 2.22. The van der Waals surface area contributed by atoms with E-state index in [9.17, 15) is 0 Å². The van der Waals surface area contributed by atoms with Crippen LogP contribution < -0.4 is 15.1 Å². The van der Waals surface area contributed by atoms with Crippen molar-refractivity contribution in [1.82, 2.24) is 0 Å². The first-order valence-electron chi connectivity index (χ1n) is 14.2. The van der Waals surface area contributed by atoms with Crippen molar-refractivity contribution in [3.8, 4) is 0 Å². The summed E-state index contributed by atoms with van der Waals surface area (Å²) < 4.78 is 19.7. The highest BCUT2D eigenvalue weighted by molar-refractivity contribution is 7.73. The zero-order valence-corrected chi connectivity index (χ0v) is 24.8. The Morgan fingerprint density at radius 2 is 1.10 bits per heavy atom. The van der Waals surface area contributed by atoms with Gasteiger partial charge in [-0.1, -0.05) is 140 Å². The van der Waals surface area contributed by atoms with Crippen molar-refractivity contribution in [3.63, 3.8) is 0 Å². The Kier molecular flexibility index (Phi) is 7.89. The largest absolute Gasteiger partial charge is 0.399 e. The van der Waals surface area contributed by atoms with Crippen LogP contribution in [0.5, 0.6) is 0 Å². The first kappa shape index (κ1) is 26.7. The Bertz CT molecular complexity index is 1920. The molecule has 7 aromatic rings. The van der Waals surface area contributed by atoms with Gasteiger partial charge in [-0.05, 0) is 59.6 Å². The van der Waals surface area contributed by atoms with E-state index in [1.54, 1.807) is 0 Å². The van der Waals surface area contributed by atoms with Gasteiger partial charge in [-0.3, -0.25) is 4.52 Å². The van der Waals surface area contributed by atoms with Crippen LogP contribution in [-0.4, -0.2) is 6.16 Å². The number of fused-ring (bicyclic) bond motifs is 4. The molecule has 7 rings (SSSR count). The van der Waals surface area contributed by atoms with Crippen LogP contribution in [0.4, 0.5) is 0 Å². The summed E-state index contributed by atoms with van der Waals surface area (Å²) in [6, 6.07) is 52.9. The van der Waals surface area contributed by atoms with Crippen molar-refractivity contribution >= 4 is 59.5 Å². The first-order valence-corrected chi connectivity index (χ1v) is 16.8. The molecule has 42 heavy (non-hydrogen) atoms. The van der Waals surface area contributed by atoms with E-state index in [1.165, 1.54) is 21.4 Å². The van der Waals surface area contributed by atoms with Crippen LogP contribution in [0.3, 0.4) is 0 Å². The van der Waals surface area contributed by atoms with E-state index in [-0.39, 0.29) is 6.10 Å². The minimum atomic E-state index is -1.69. The van der Waals surface area contributed by atoms with Gasteiger partial charge in [0.15, 0.2) is 0 Å². The van der Waals surface area contributed by atoms with Gasteiger partial charge in [-0.15, -0.1) is 0 Å². The van der Waals surface area contributed by atoms with Gasteiger partial charge < -0.3 is 8.39 Å². The lowest BCUT2D eigenvalue weighted by Gasteiger charge is -2.23. The van der Waals surface area contributed by atoms with Crippen LogP contribution in [0.25, 0.3) is 32.7 Å². The van der Waals surface area contributed by atoms with Gasteiger partial charge in [-0.2, -0.15) is 0 Å². The van der Waals surface area contributed by atoms with E-state index in [4.69, 9.17) is 12.9 Å². The van der Waals surface area contributed by atoms with Crippen LogP contribution in [0.1, 0.15) is 18.1 Å². The van der Waals surface area contributed by atoms with E-state index < -0.39 is 16.2 Å². The summed E-state index contributed by atoms with van der Waals surface area (Å²) in [5.74, 6) is 0. The molecule has 0 N–H and O–H groups in total. The third-order valence-corrected chi connectivity index (χ3v) is 11.3. The van der Waals surface area contributed by atoms with E-state index in [2.05, 4.69) is 109 Å². The molecule has 0 fully saturated rings. The van der Waals surface area contributed by atoms with Crippen LogP contribution in [0, 0.1) is 0 Å². The zero-order valence-electron chi connectivity index (χ0n) is 23.0. The van der Waals surface area contributed by atoms with Crippen LogP contribution in [-0.2, 0) is 0 Å². The predicted molar refractivity (Wildman–Crippen MR) is 178 cm³/mol. The number of benzene rings is 6. The molecule has 1 unspecified atom stereocenters. The van der Waals surface area contributed by atoms with Crippen molar-refractivity contribution in [2.45, 2.75) is 12.5 Å². The maximum absolute atomic E-state index is 6.81. The summed E-state index contributed by atoms with van der Waals surface area (Å²) in [6.07, 6.45) is 1.59. The fourth-order valence-corrected chi connectivity index (χ4v) is 9.26. The molecule has 0 radical (unpaired) electrons. The van der Waals surface area contributed by atoms with Crippen molar-refractivity contribution in [2.24, 2.45) is 0 Å². The summed E-state index contributed by atoms with van der Waals surface area (Å²) in [6.45, 7) is 0. The third kappa shape index (κ3) is 5.65. The standard InChI is InChI=1S/C37H30O3P2/c1-3-15-29(16-4-1)34(38-42-39-35-23-11-9-21-32(35)33-22-10-12-24-36(33)40-42)26-27-41(30-18-5-2-6-19-30)37-25-13-17-28-14-7-8-20-31(28)37/h1-25,34H,26-27H2/t34-,41?/m0/s1. The summed E-state index contributed by atoms with van der Waals surface area (Å²) in [5.41, 5.74) is 2.68. The third-order valence-electron chi connectivity index (χ3n) is 7.53. The van der Waals surface area contributed by atoms with Gasteiger partial charge in [0.25, 0.3) is 0 Å². The Balaban J connectivity index is 1.29. The van der Waals surface area contributed by atoms with Gasteiger partial charge >= 0.3 is 8.24 Å². The molecule has 0 saturated carbocycles. The molecule has 0 amide bonds. The summed E-state index contributed by atoms with van der Waals surface area (Å²) in [7, 11) is -2.34. The molecule has 0 saturated heterocycles. The second-order valence-corrected chi connectivity index (χ2v) is 13.5. The van der Waals surface area contributed by atoms with Crippen LogP contribution in [0.15, 0.2) is 160 Å². The predicted octanol–water partition coefficient (Wildman–Crippen LogP) is 10.1. The van der Waals surface area contributed by atoms with Gasteiger partial charge in [0.2, 0.25) is 0 Å². The van der Waals surface area contributed by atoms with Crippen molar-refractivity contribution in [1.29, 1.82) is 0 Å². The Labute approximate surface area is 247 Å². The molecule has 3 nitrogen and oxygen atoms in total. The number of hydrogen-bond donors (Lipinski definition) is 0. The minimum Gasteiger partial charge on any atom is -0.399 e. The van der Waals surface area contributed by atoms with Gasteiger partial charge in [-0.25, -0.2) is 0 Å². The lowest BCUT2D eigenvalue weighted by atomic mass is 10.1. The molecular weight excluding hydrogens is 554 g/mol. The number of hydrogen-bond acceptors (Lipinski definition) is 3. The molecule has 0 aliphatic rings. The summed E-state index contributed by atoms with van der Waals surface area (Å²) in [4.78, 5) is 0. The maximum Gasteiger partial charge on any atom is 0.388 e. The molecule has 0 aliphatic heterocycles. The topological polar surface area (TPSA) is 35.5 Å². The lowest BCUT2D eigenvalue weighted by molar-refractivity contribution is 0.258. The number of para-hydroxylation sites is 2. The molecule has 2 atom stereocenters. The fourth-order valence-electron chi connectivity index (χ4n) is 5.50. The molecule has 0 spiro atoms. The van der Waals surface area contributed by atoms with E-state index >= 15 is 0 Å². The molecule has 206 valence electrons. The van der Waals surface area contributed by atoms with Gasteiger partial charge in [0, 0.05) is 10.8 Å². The first-order chi connectivity index (χ1) is 20.8. The highest BCUT2D eigenvalue weighted by atomic mass is 31.1. The Morgan fingerprint density at radius 1 is 0.548 bits per heavy atom. The van der Waals surface area contributed by atoms with Crippen molar-refractivity contribution < 1.29 is 12.9 Å². The Morgan fingerprint density at radius 3 is 1.79 bits per heavy atom. The molecule has 0 bridgehead atoms. The van der Waals surface area contributed by atoms with E-state index in [0.717, 1.165) is 40.1 Å². The van der Waals surface area contributed by atoms with Gasteiger partial charge in [0.05, 0.1) is 6.10 Å². The normalized spacial score (nSPS) is 12.9. The van der Waals surface area contributed by atoms with E-state index in [1.807, 2.05) is 42.5 Å². The van der Waals surface area contributed by atoms with Crippen LogP contribution >= 0.6 is 16.2 Å². The van der Waals surface area contributed by atoms with E-state index in [0.29, 0.717) is 0 Å². The molecule has 1 heterocycles. The second kappa shape index (κ2) is 12.4. The van der Waals surface area contributed by atoms with Crippen LogP contribution in [0.2, 0.25) is 0 Å². The number of rotatable bonds is 8.